The smallest absolute Gasteiger partial charge is 0.201 e. The Hall–Kier alpha value is -3.36. The van der Waals surface area contributed by atoms with E-state index in [2.05, 4.69) is 5.48 Å². The minimum absolute atomic E-state index is 0.0522. The van der Waals surface area contributed by atoms with Crippen LogP contribution in [-0.4, -0.2) is 51.0 Å². The molecule has 3 aromatic rings. The zero-order valence-electron chi connectivity index (χ0n) is 28.9. The van der Waals surface area contributed by atoms with Crippen molar-refractivity contribution in [3.8, 4) is 11.5 Å². The molecule has 3 aliphatic carbocycles. The SMILES string of the molecule is CC(C)(O)[C@H]1Cc2c(c3c4oc5c(c(=O)c4c2OC2CCCC2)[C@@H](c2ccc(NO)cc2)C=C[C@]5(O)C2(CCCC2)[C@@H](N=C(N)N)CSSC3)O1. The Morgan fingerprint density at radius 1 is 1.08 bits per heavy atom. The van der Waals surface area contributed by atoms with Crippen LogP contribution in [0.1, 0.15) is 99.1 Å². The molecule has 1 spiro atoms. The van der Waals surface area contributed by atoms with Gasteiger partial charge in [-0.1, -0.05) is 52.6 Å². The van der Waals surface area contributed by atoms with Gasteiger partial charge in [-0.3, -0.25) is 15.5 Å². The van der Waals surface area contributed by atoms with Gasteiger partial charge in [0, 0.05) is 40.4 Å². The van der Waals surface area contributed by atoms with Crippen LogP contribution in [0.15, 0.2) is 50.6 Å². The molecule has 0 saturated heterocycles. The molecule has 2 bridgehead atoms. The Morgan fingerprint density at radius 3 is 2.47 bits per heavy atom. The molecule has 13 heteroatoms. The van der Waals surface area contributed by atoms with Crippen molar-refractivity contribution >= 4 is 44.2 Å². The van der Waals surface area contributed by atoms with E-state index in [0.717, 1.165) is 49.7 Å². The lowest BCUT2D eigenvalue weighted by atomic mass is 9.61. The summed E-state index contributed by atoms with van der Waals surface area (Å²) in [6.45, 7) is 3.46. The first-order valence-electron chi connectivity index (χ1n) is 17.9. The standard InChI is InChI=1S/C38H46N4O7S2/c1-36(2,44)27-17-24-31(48-27)25-18-50-51-19-26(41-35(39)40)37(14-5-6-15-37)38(45)16-13-23(20-9-11-21(42-46)12-10-20)28-30(43)29(33(25)49-34(28)38)32(24)47-22-7-3-4-8-22/h9-13,16,22-23,26-27,42,44-46H,3-8,14-15,17-19H2,1-2H3,(H4,39,40,41)/t23-,26+,27-,38-/m1/s1. The van der Waals surface area contributed by atoms with Gasteiger partial charge in [-0.2, -0.15) is 0 Å². The van der Waals surface area contributed by atoms with E-state index in [1.54, 1.807) is 53.6 Å². The summed E-state index contributed by atoms with van der Waals surface area (Å²) in [4.78, 5) is 20.3. The Morgan fingerprint density at radius 2 is 1.80 bits per heavy atom. The van der Waals surface area contributed by atoms with Gasteiger partial charge in [-0.05, 0) is 76.1 Å². The molecule has 11 nitrogen and oxygen atoms in total. The summed E-state index contributed by atoms with van der Waals surface area (Å²) >= 11 is 0. The van der Waals surface area contributed by atoms with Crippen LogP contribution < -0.4 is 31.8 Å². The van der Waals surface area contributed by atoms with Crippen molar-refractivity contribution in [3.63, 3.8) is 0 Å². The largest absolute Gasteiger partial charge is 0.489 e. The lowest BCUT2D eigenvalue weighted by molar-refractivity contribution is -0.0762. The number of allylic oxidation sites excluding steroid dienone is 1. The number of nitrogens with zero attached hydrogens (tertiary/aromatic N) is 1. The maximum absolute atomic E-state index is 15.6. The van der Waals surface area contributed by atoms with E-state index in [4.69, 9.17) is 30.4 Å². The molecule has 8 rings (SSSR count). The molecule has 1 aromatic heterocycles. The van der Waals surface area contributed by atoms with Crippen molar-refractivity contribution < 1.29 is 29.3 Å². The predicted octanol–water partition coefficient (Wildman–Crippen LogP) is 5.98. The summed E-state index contributed by atoms with van der Waals surface area (Å²) in [6, 6.07) is 6.72. The molecule has 272 valence electrons. The highest BCUT2D eigenvalue weighted by Gasteiger charge is 2.60. The van der Waals surface area contributed by atoms with Gasteiger partial charge in [0.1, 0.15) is 39.9 Å². The number of aliphatic imine (C=N–C) groups is 1. The van der Waals surface area contributed by atoms with Gasteiger partial charge in [0.15, 0.2) is 5.96 Å². The fourth-order valence-corrected chi connectivity index (χ4v) is 11.5. The lowest BCUT2D eigenvalue weighted by Gasteiger charge is -2.48. The molecule has 8 N–H and O–H groups in total. The van der Waals surface area contributed by atoms with E-state index >= 15 is 4.79 Å². The molecule has 0 unspecified atom stereocenters. The maximum Gasteiger partial charge on any atom is 0.201 e. The first-order valence-corrected chi connectivity index (χ1v) is 20.4. The molecule has 51 heavy (non-hydrogen) atoms. The van der Waals surface area contributed by atoms with Crippen LogP contribution >= 0.6 is 21.6 Å². The van der Waals surface area contributed by atoms with E-state index in [1.165, 1.54) is 0 Å². The third kappa shape index (κ3) is 5.62. The molecule has 2 aliphatic heterocycles. The number of ether oxygens (including phenoxy) is 2. The van der Waals surface area contributed by atoms with Gasteiger partial charge in [0.05, 0.1) is 29.0 Å². The molecule has 0 amide bonds. The number of fused-ring (bicyclic) bond motifs is 3. The van der Waals surface area contributed by atoms with Crippen LogP contribution in [0, 0.1) is 5.41 Å². The van der Waals surface area contributed by atoms with Gasteiger partial charge in [0.25, 0.3) is 0 Å². The van der Waals surface area contributed by atoms with Crippen LogP contribution in [0.3, 0.4) is 0 Å². The van der Waals surface area contributed by atoms with Crippen LogP contribution in [0.4, 0.5) is 5.69 Å². The molecule has 2 aromatic carbocycles. The topological polar surface area (TPSA) is 186 Å². The normalized spacial score (nSPS) is 27.0. The quantitative estimate of drug-likeness (QED) is 0.0574. The molecular weight excluding hydrogens is 689 g/mol. The van der Waals surface area contributed by atoms with E-state index in [9.17, 15) is 15.4 Å². The number of hydrogen-bond donors (Lipinski definition) is 6. The zero-order valence-corrected chi connectivity index (χ0v) is 30.6. The summed E-state index contributed by atoms with van der Waals surface area (Å²) < 4.78 is 20.6. The van der Waals surface area contributed by atoms with Crippen LogP contribution in [-0.2, 0) is 17.8 Å². The number of rotatable bonds is 6. The highest BCUT2D eigenvalue weighted by atomic mass is 33.1. The van der Waals surface area contributed by atoms with Gasteiger partial charge in [-0.15, -0.1) is 0 Å². The third-order valence-electron chi connectivity index (χ3n) is 11.8. The number of nitrogens with one attached hydrogen (secondary N) is 1. The maximum atomic E-state index is 15.6. The van der Waals surface area contributed by atoms with Crippen LogP contribution in [0.25, 0.3) is 11.0 Å². The highest BCUT2D eigenvalue weighted by Crippen LogP contribution is 2.60. The Kier molecular flexibility index (Phi) is 8.81. The van der Waals surface area contributed by atoms with Gasteiger partial charge in [0.2, 0.25) is 5.43 Å². The fraction of sp³-hybridized carbons (Fsp3) is 0.526. The minimum Gasteiger partial charge on any atom is -0.489 e. The molecule has 3 heterocycles. The first kappa shape index (κ1) is 34.7. The summed E-state index contributed by atoms with van der Waals surface area (Å²) in [6.07, 6.45) is 10.3. The van der Waals surface area contributed by atoms with Gasteiger partial charge in [-0.25, -0.2) is 4.99 Å². The van der Waals surface area contributed by atoms with Crippen molar-refractivity contribution in [2.45, 2.75) is 113 Å². The highest BCUT2D eigenvalue weighted by molar-refractivity contribution is 8.76. The van der Waals surface area contributed by atoms with Crippen LogP contribution in [0.2, 0.25) is 0 Å². The Balaban J connectivity index is 1.47. The molecule has 4 atom stereocenters. The second-order valence-electron chi connectivity index (χ2n) is 15.3. The third-order valence-corrected chi connectivity index (χ3v) is 14.1. The summed E-state index contributed by atoms with van der Waals surface area (Å²) in [7, 11) is 3.22. The van der Waals surface area contributed by atoms with Gasteiger partial charge >= 0.3 is 0 Å². The van der Waals surface area contributed by atoms with Gasteiger partial charge < -0.3 is 35.6 Å². The van der Waals surface area contributed by atoms with Crippen molar-refractivity contribution in [2.75, 3.05) is 11.2 Å². The number of nitrogens with two attached hydrogens (primary N) is 2. The molecule has 0 radical (unpaired) electrons. The van der Waals surface area contributed by atoms with Crippen LogP contribution in [0.5, 0.6) is 11.5 Å². The summed E-state index contributed by atoms with van der Waals surface area (Å²) in [5.41, 5.74) is 13.7. The van der Waals surface area contributed by atoms with Crippen molar-refractivity contribution in [2.24, 2.45) is 21.9 Å². The predicted molar refractivity (Wildman–Crippen MR) is 201 cm³/mol. The molecule has 5 aliphatic rings. The summed E-state index contributed by atoms with van der Waals surface area (Å²) in [5, 5.41) is 34.4. The number of anilines is 1. The fourth-order valence-electron chi connectivity index (χ4n) is 9.13. The molecular formula is C38H46N4O7S2. The zero-order chi connectivity index (χ0) is 35.7. The number of aliphatic hydroxyl groups is 2. The average Bonchev–Trinajstić information content (AvgIpc) is 3.89. The van der Waals surface area contributed by atoms with Crippen molar-refractivity contribution in [1.82, 2.24) is 0 Å². The lowest BCUT2D eigenvalue weighted by Crippen LogP contribution is -2.53. The van der Waals surface area contributed by atoms with E-state index < -0.39 is 34.7 Å². The van der Waals surface area contributed by atoms with E-state index in [0.29, 0.717) is 70.1 Å². The first-order chi connectivity index (χ1) is 24.4. The summed E-state index contributed by atoms with van der Waals surface area (Å²) in [5.74, 6) is 1.56. The molecule has 2 saturated carbocycles. The molecule has 2 fully saturated rings. The van der Waals surface area contributed by atoms with Crippen molar-refractivity contribution in [1.29, 1.82) is 0 Å². The monoisotopic (exact) mass is 734 g/mol. The Labute approximate surface area is 304 Å². The second-order valence-corrected chi connectivity index (χ2v) is 17.8. The average molecular weight is 735 g/mol. The van der Waals surface area contributed by atoms with E-state index in [1.807, 2.05) is 18.2 Å². The number of benzene rings is 2. The van der Waals surface area contributed by atoms with Crippen molar-refractivity contribution in [3.05, 3.63) is 74.7 Å². The number of hydrogen-bond acceptors (Lipinski definition) is 11. The second kappa shape index (κ2) is 12.9. The van der Waals surface area contributed by atoms with E-state index in [-0.39, 0.29) is 23.3 Å². The number of guanidine groups is 1. The Bertz CT molecular complexity index is 1960. The minimum atomic E-state index is -1.73.